The molecule has 3 heteroatoms. The summed E-state index contributed by atoms with van der Waals surface area (Å²) in [5.41, 5.74) is 2.42. The van der Waals surface area contributed by atoms with Crippen LogP contribution in [0.5, 0.6) is 0 Å². The highest BCUT2D eigenvalue weighted by Crippen LogP contribution is 2.30. The van der Waals surface area contributed by atoms with Gasteiger partial charge in [0.15, 0.2) is 0 Å². The predicted octanol–water partition coefficient (Wildman–Crippen LogP) is 3.42. The lowest BCUT2D eigenvalue weighted by molar-refractivity contribution is -0.132. The third-order valence-corrected chi connectivity index (χ3v) is 4.92. The number of hydrogen-bond acceptors (Lipinski definition) is 2. The van der Waals surface area contributed by atoms with Crippen LogP contribution in [0, 0.1) is 0 Å². The summed E-state index contributed by atoms with van der Waals surface area (Å²) in [6.07, 6.45) is 2.75. The maximum atomic E-state index is 13.0. The maximum Gasteiger partial charge on any atom is 0.223 e. The largest absolute Gasteiger partial charge is 0.338 e. The number of likely N-dealkylation sites (tertiary alicyclic amines) is 1. The number of carbonyl (C=O) groups is 1. The van der Waals surface area contributed by atoms with Crippen LogP contribution in [0.4, 0.5) is 0 Å². The molecule has 2 aromatic carbocycles. The molecule has 0 bridgehead atoms. The van der Waals surface area contributed by atoms with Gasteiger partial charge in [0.25, 0.3) is 0 Å². The first-order valence-corrected chi connectivity index (χ1v) is 8.83. The molecule has 0 aromatic heterocycles. The highest BCUT2D eigenvalue weighted by atomic mass is 16.2. The van der Waals surface area contributed by atoms with Crippen molar-refractivity contribution in [1.82, 2.24) is 10.2 Å². The minimum atomic E-state index is 0.121. The Morgan fingerprint density at radius 2 is 1.67 bits per heavy atom. The molecule has 1 heterocycles. The zero-order valence-electron chi connectivity index (χ0n) is 14.3. The Hall–Kier alpha value is -2.13. The van der Waals surface area contributed by atoms with E-state index in [2.05, 4.69) is 58.7 Å². The first kappa shape index (κ1) is 16.7. The van der Waals surface area contributed by atoms with Crippen LogP contribution in [0.25, 0.3) is 0 Å². The van der Waals surface area contributed by atoms with Crippen molar-refractivity contribution in [3.63, 3.8) is 0 Å². The van der Waals surface area contributed by atoms with E-state index in [1.807, 2.05) is 19.2 Å². The van der Waals surface area contributed by atoms with Gasteiger partial charge in [0.05, 0.1) is 0 Å². The van der Waals surface area contributed by atoms with E-state index in [9.17, 15) is 4.79 Å². The van der Waals surface area contributed by atoms with Crippen molar-refractivity contribution in [2.75, 3.05) is 20.1 Å². The topological polar surface area (TPSA) is 32.3 Å². The van der Waals surface area contributed by atoms with Gasteiger partial charge in [0.1, 0.15) is 0 Å². The molecule has 1 amide bonds. The van der Waals surface area contributed by atoms with Crippen LogP contribution in [0.2, 0.25) is 0 Å². The molecule has 2 aromatic rings. The van der Waals surface area contributed by atoms with Crippen LogP contribution in [-0.2, 0) is 4.79 Å². The van der Waals surface area contributed by atoms with Crippen molar-refractivity contribution in [2.45, 2.75) is 31.2 Å². The summed E-state index contributed by atoms with van der Waals surface area (Å²) >= 11 is 0. The van der Waals surface area contributed by atoms with Gasteiger partial charge < -0.3 is 10.2 Å². The fourth-order valence-corrected chi connectivity index (χ4v) is 3.70. The lowest BCUT2D eigenvalue weighted by atomic mass is 9.88. The van der Waals surface area contributed by atoms with E-state index in [4.69, 9.17) is 0 Å². The zero-order valence-corrected chi connectivity index (χ0v) is 14.3. The van der Waals surface area contributed by atoms with Gasteiger partial charge in [-0.1, -0.05) is 60.7 Å². The molecule has 0 aliphatic carbocycles. The van der Waals surface area contributed by atoms with Gasteiger partial charge in [0, 0.05) is 31.5 Å². The number of amides is 1. The molecule has 0 saturated carbocycles. The molecule has 3 rings (SSSR count). The summed E-state index contributed by atoms with van der Waals surface area (Å²) in [7, 11) is 1.96. The second kappa shape index (κ2) is 8.11. The van der Waals surface area contributed by atoms with Crippen molar-refractivity contribution >= 4 is 5.91 Å². The smallest absolute Gasteiger partial charge is 0.223 e. The van der Waals surface area contributed by atoms with Gasteiger partial charge in [-0.25, -0.2) is 0 Å². The summed E-state index contributed by atoms with van der Waals surface area (Å²) < 4.78 is 0. The molecule has 24 heavy (non-hydrogen) atoms. The molecule has 0 spiro atoms. The van der Waals surface area contributed by atoms with E-state index < -0.39 is 0 Å². The van der Waals surface area contributed by atoms with Crippen molar-refractivity contribution < 1.29 is 4.79 Å². The van der Waals surface area contributed by atoms with Gasteiger partial charge in [-0.05, 0) is 31.0 Å². The molecule has 1 unspecified atom stereocenters. The van der Waals surface area contributed by atoms with Crippen molar-refractivity contribution in [3.8, 4) is 0 Å². The van der Waals surface area contributed by atoms with Gasteiger partial charge in [0.2, 0.25) is 5.91 Å². The molecular weight excluding hydrogens is 296 g/mol. The van der Waals surface area contributed by atoms with Gasteiger partial charge in [-0.2, -0.15) is 0 Å². The molecule has 1 fully saturated rings. The van der Waals surface area contributed by atoms with Crippen LogP contribution in [-0.4, -0.2) is 37.0 Å². The standard InChI is InChI=1S/C21H26N2O/c1-22-16-19-13-8-14-23(19)21(24)15-20(17-9-4-2-5-10-17)18-11-6-3-7-12-18/h2-7,9-12,19-20,22H,8,13-16H2,1H3. The van der Waals surface area contributed by atoms with Crippen molar-refractivity contribution in [2.24, 2.45) is 0 Å². The van der Waals surface area contributed by atoms with Gasteiger partial charge in [-0.3, -0.25) is 4.79 Å². The SMILES string of the molecule is CNCC1CCCN1C(=O)CC(c1ccccc1)c1ccccc1. The average Bonchev–Trinajstić information content (AvgIpc) is 3.10. The minimum Gasteiger partial charge on any atom is -0.338 e. The van der Waals surface area contributed by atoms with Crippen molar-refractivity contribution in [1.29, 1.82) is 0 Å². The van der Waals surface area contributed by atoms with Crippen molar-refractivity contribution in [3.05, 3.63) is 71.8 Å². The Kier molecular flexibility index (Phi) is 5.65. The number of nitrogens with one attached hydrogen (secondary N) is 1. The van der Waals surface area contributed by atoms with Crippen LogP contribution in [0.15, 0.2) is 60.7 Å². The monoisotopic (exact) mass is 322 g/mol. The third kappa shape index (κ3) is 3.85. The number of nitrogens with zero attached hydrogens (tertiary/aromatic N) is 1. The summed E-state index contributed by atoms with van der Waals surface area (Å²) in [5, 5.41) is 3.22. The fraction of sp³-hybridized carbons (Fsp3) is 0.381. The first-order chi connectivity index (χ1) is 11.8. The third-order valence-electron chi connectivity index (χ3n) is 4.92. The molecule has 1 aliphatic rings. The molecule has 126 valence electrons. The number of likely N-dealkylation sites (N-methyl/N-ethyl adjacent to an activating group) is 1. The van der Waals surface area contributed by atoms with E-state index in [1.54, 1.807) is 0 Å². The lowest BCUT2D eigenvalue weighted by Gasteiger charge is -2.27. The Morgan fingerprint density at radius 3 is 2.21 bits per heavy atom. The molecule has 1 saturated heterocycles. The van der Waals surface area contributed by atoms with E-state index in [0.29, 0.717) is 12.5 Å². The van der Waals surface area contributed by atoms with Gasteiger partial charge in [-0.15, -0.1) is 0 Å². The predicted molar refractivity (Wildman–Crippen MR) is 98.0 cm³/mol. The highest BCUT2D eigenvalue weighted by molar-refractivity contribution is 5.78. The Morgan fingerprint density at radius 1 is 1.08 bits per heavy atom. The van der Waals surface area contributed by atoms with Crippen LogP contribution < -0.4 is 5.32 Å². The number of rotatable bonds is 6. The zero-order chi connectivity index (χ0) is 16.8. The number of benzene rings is 2. The van der Waals surface area contributed by atoms with Crippen LogP contribution in [0.3, 0.4) is 0 Å². The fourth-order valence-electron chi connectivity index (χ4n) is 3.70. The van der Waals surface area contributed by atoms with E-state index in [0.717, 1.165) is 25.9 Å². The first-order valence-electron chi connectivity index (χ1n) is 8.83. The van der Waals surface area contributed by atoms with E-state index in [1.165, 1.54) is 11.1 Å². The quantitative estimate of drug-likeness (QED) is 0.884. The number of hydrogen-bond donors (Lipinski definition) is 1. The summed E-state index contributed by atoms with van der Waals surface area (Å²) in [4.78, 5) is 15.1. The molecule has 1 aliphatic heterocycles. The second-order valence-electron chi connectivity index (χ2n) is 6.52. The maximum absolute atomic E-state index is 13.0. The summed E-state index contributed by atoms with van der Waals surface area (Å²) in [6, 6.07) is 21.1. The average molecular weight is 322 g/mol. The number of carbonyl (C=O) groups excluding carboxylic acids is 1. The van der Waals surface area contributed by atoms with E-state index in [-0.39, 0.29) is 11.8 Å². The minimum absolute atomic E-state index is 0.121. The molecule has 1 atom stereocenters. The normalized spacial score (nSPS) is 17.4. The molecular formula is C21H26N2O. The Balaban J connectivity index is 1.81. The van der Waals surface area contributed by atoms with E-state index >= 15 is 0 Å². The Bertz CT molecular complexity index is 602. The summed E-state index contributed by atoms with van der Waals surface area (Å²) in [5.74, 6) is 0.390. The molecule has 0 radical (unpaired) electrons. The van der Waals surface area contributed by atoms with Crippen LogP contribution >= 0.6 is 0 Å². The lowest BCUT2D eigenvalue weighted by Crippen LogP contribution is -2.41. The van der Waals surface area contributed by atoms with Gasteiger partial charge >= 0.3 is 0 Å². The second-order valence-corrected chi connectivity index (χ2v) is 6.52. The highest BCUT2D eigenvalue weighted by Gasteiger charge is 2.30. The summed E-state index contributed by atoms with van der Waals surface area (Å²) in [6.45, 7) is 1.77. The van der Waals surface area contributed by atoms with Crippen LogP contribution in [0.1, 0.15) is 36.3 Å². The Labute approximate surface area is 144 Å². The molecule has 3 nitrogen and oxygen atoms in total. The molecule has 1 N–H and O–H groups in total.